The lowest BCUT2D eigenvalue weighted by molar-refractivity contribution is -0.145. The van der Waals surface area contributed by atoms with E-state index >= 15 is 0 Å². The van der Waals surface area contributed by atoms with Gasteiger partial charge in [-0.25, -0.2) is 0 Å². The number of hydrogen-bond acceptors (Lipinski definition) is 3. The number of amides is 3. The Kier molecular flexibility index (Phi) is 12.5. The molecule has 0 aliphatic heterocycles. The molecule has 0 aromatic carbocycles. The van der Waals surface area contributed by atoms with Crippen molar-refractivity contribution >= 4 is 17.7 Å². The largest absolute Gasteiger partial charge is 0.335 e. The first-order valence-electron chi connectivity index (χ1n) is 11.4. The van der Waals surface area contributed by atoms with E-state index in [0.29, 0.717) is 58.5 Å². The van der Waals surface area contributed by atoms with Gasteiger partial charge >= 0.3 is 0 Å². The summed E-state index contributed by atoms with van der Waals surface area (Å²) < 4.78 is 0. The van der Waals surface area contributed by atoms with Gasteiger partial charge in [0.2, 0.25) is 17.7 Å². The summed E-state index contributed by atoms with van der Waals surface area (Å²) in [6.07, 6.45) is 11.2. The van der Waals surface area contributed by atoms with Gasteiger partial charge in [-0.05, 0) is 19.3 Å². The van der Waals surface area contributed by atoms with Crippen molar-refractivity contribution in [1.29, 1.82) is 0 Å². The summed E-state index contributed by atoms with van der Waals surface area (Å²) in [6, 6.07) is 0. The van der Waals surface area contributed by atoms with E-state index in [1.165, 1.54) is 0 Å². The molecule has 0 unspecified atom stereocenters. The van der Waals surface area contributed by atoms with Gasteiger partial charge in [0.1, 0.15) is 0 Å². The Morgan fingerprint density at radius 1 is 0.485 bits per heavy atom. The molecule has 1 saturated carbocycles. The van der Waals surface area contributed by atoms with Crippen LogP contribution in [0.3, 0.4) is 0 Å². The van der Waals surface area contributed by atoms with Crippen molar-refractivity contribution in [3.8, 4) is 0 Å². The van der Waals surface area contributed by atoms with Gasteiger partial charge in [-0.3, -0.25) is 14.4 Å². The van der Waals surface area contributed by atoms with Crippen LogP contribution < -0.4 is 0 Å². The molecule has 0 N–H and O–H groups in total. The molecule has 0 heterocycles. The molecule has 1 rings (SSSR count). The Hall–Kier alpha value is -3.15. The van der Waals surface area contributed by atoms with Crippen LogP contribution in [0.1, 0.15) is 19.3 Å². The lowest BCUT2D eigenvalue weighted by Gasteiger charge is -2.38. The van der Waals surface area contributed by atoms with Gasteiger partial charge in [0, 0.05) is 57.0 Å². The fourth-order valence-electron chi connectivity index (χ4n) is 4.40. The molecule has 0 bridgehead atoms. The SMILES string of the molecule is C=CCN(CC=C)C(=O)C1CC(C(=O)N(CC=C)CC=C)CC(C(=O)N(CC=C)CC=C)C1. The van der Waals surface area contributed by atoms with Crippen molar-refractivity contribution in [3.05, 3.63) is 75.9 Å². The summed E-state index contributed by atoms with van der Waals surface area (Å²) in [5.74, 6) is -1.56. The molecule has 6 nitrogen and oxygen atoms in total. The van der Waals surface area contributed by atoms with Crippen molar-refractivity contribution in [2.75, 3.05) is 39.3 Å². The van der Waals surface area contributed by atoms with E-state index in [9.17, 15) is 14.4 Å². The minimum absolute atomic E-state index is 0.0805. The quantitative estimate of drug-likeness (QED) is 0.356. The maximum absolute atomic E-state index is 13.4. The zero-order valence-corrected chi connectivity index (χ0v) is 19.9. The molecular weight excluding hydrogens is 414 g/mol. The van der Waals surface area contributed by atoms with Crippen LogP contribution in [0.5, 0.6) is 0 Å². The van der Waals surface area contributed by atoms with Gasteiger partial charge in [-0.2, -0.15) is 0 Å². The molecule has 0 atom stereocenters. The molecule has 0 saturated heterocycles. The Morgan fingerprint density at radius 2 is 0.667 bits per heavy atom. The third-order valence-electron chi connectivity index (χ3n) is 5.79. The highest BCUT2D eigenvalue weighted by Gasteiger charge is 2.42. The zero-order chi connectivity index (χ0) is 24.8. The number of rotatable bonds is 15. The molecule has 3 amide bonds. The van der Waals surface area contributed by atoms with E-state index in [1.807, 2.05) is 0 Å². The lowest BCUT2D eigenvalue weighted by atomic mass is 9.73. The van der Waals surface area contributed by atoms with E-state index in [-0.39, 0.29) is 17.7 Å². The number of hydrogen-bond donors (Lipinski definition) is 0. The van der Waals surface area contributed by atoms with Gasteiger partial charge in [-0.15, -0.1) is 39.5 Å². The van der Waals surface area contributed by atoms with Gasteiger partial charge in [0.15, 0.2) is 0 Å². The summed E-state index contributed by atoms with van der Waals surface area (Å²) in [4.78, 5) is 45.1. The third kappa shape index (κ3) is 8.04. The van der Waals surface area contributed by atoms with Crippen molar-refractivity contribution in [2.24, 2.45) is 17.8 Å². The van der Waals surface area contributed by atoms with Gasteiger partial charge < -0.3 is 14.7 Å². The molecule has 1 aliphatic rings. The van der Waals surface area contributed by atoms with Crippen molar-refractivity contribution in [3.63, 3.8) is 0 Å². The van der Waals surface area contributed by atoms with Crippen LogP contribution in [0.25, 0.3) is 0 Å². The summed E-state index contributed by atoms with van der Waals surface area (Å²) in [7, 11) is 0. The minimum Gasteiger partial charge on any atom is -0.335 e. The lowest BCUT2D eigenvalue weighted by Crippen LogP contribution is -2.47. The molecule has 0 radical (unpaired) electrons. The highest BCUT2D eigenvalue weighted by atomic mass is 16.2. The molecule has 1 fully saturated rings. The maximum Gasteiger partial charge on any atom is 0.226 e. The average Bonchev–Trinajstić information content (AvgIpc) is 2.82. The zero-order valence-electron chi connectivity index (χ0n) is 19.9. The van der Waals surface area contributed by atoms with E-state index in [4.69, 9.17) is 0 Å². The van der Waals surface area contributed by atoms with Crippen LogP contribution in [0.4, 0.5) is 0 Å². The Morgan fingerprint density at radius 3 is 0.818 bits per heavy atom. The van der Waals surface area contributed by atoms with Crippen LogP contribution in [0.15, 0.2) is 75.9 Å². The minimum atomic E-state index is -0.440. The Labute approximate surface area is 199 Å². The monoisotopic (exact) mass is 453 g/mol. The summed E-state index contributed by atoms with van der Waals surface area (Å²) in [5.41, 5.74) is 0. The first-order chi connectivity index (χ1) is 15.9. The summed E-state index contributed by atoms with van der Waals surface area (Å²) >= 11 is 0. The van der Waals surface area contributed by atoms with E-state index in [0.717, 1.165) is 0 Å². The Bertz CT molecular complexity index is 622. The van der Waals surface area contributed by atoms with Gasteiger partial charge in [0.25, 0.3) is 0 Å². The average molecular weight is 454 g/mol. The highest BCUT2D eigenvalue weighted by Crippen LogP contribution is 2.37. The number of nitrogens with zero attached hydrogens (tertiary/aromatic N) is 3. The second-order valence-electron chi connectivity index (χ2n) is 8.26. The predicted molar refractivity (Wildman–Crippen MR) is 135 cm³/mol. The van der Waals surface area contributed by atoms with Crippen molar-refractivity contribution in [2.45, 2.75) is 19.3 Å². The topological polar surface area (TPSA) is 60.9 Å². The van der Waals surface area contributed by atoms with Crippen LogP contribution in [-0.2, 0) is 14.4 Å². The molecule has 0 aromatic rings. The van der Waals surface area contributed by atoms with Gasteiger partial charge in [-0.1, -0.05) is 36.5 Å². The predicted octanol–water partition coefficient (Wildman–Crippen LogP) is 3.62. The molecule has 33 heavy (non-hydrogen) atoms. The van der Waals surface area contributed by atoms with Crippen LogP contribution >= 0.6 is 0 Å². The number of carbonyl (C=O) groups excluding carboxylic acids is 3. The fraction of sp³-hybridized carbons (Fsp3) is 0.444. The van der Waals surface area contributed by atoms with Gasteiger partial charge in [0.05, 0.1) is 0 Å². The summed E-state index contributed by atoms with van der Waals surface area (Å²) in [5, 5.41) is 0. The number of carbonyl (C=O) groups is 3. The smallest absolute Gasteiger partial charge is 0.226 e. The maximum atomic E-state index is 13.4. The van der Waals surface area contributed by atoms with Crippen molar-refractivity contribution in [1.82, 2.24) is 14.7 Å². The van der Waals surface area contributed by atoms with E-state index < -0.39 is 17.8 Å². The van der Waals surface area contributed by atoms with Crippen LogP contribution in [0, 0.1) is 17.8 Å². The standard InChI is InChI=1S/C27H39N3O3/c1-7-13-28(14-8-2)25(31)22-19-23(26(32)29(15-9-3)16-10-4)21-24(20-22)27(33)30(17-11-5)18-12-6/h7-12,22-24H,1-6,13-21H2. The van der Waals surface area contributed by atoms with Crippen LogP contribution in [0.2, 0.25) is 0 Å². The second-order valence-corrected chi connectivity index (χ2v) is 8.26. The first kappa shape index (κ1) is 27.9. The fourth-order valence-corrected chi connectivity index (χ4v) is 4.40. The highest BCUT2D eigenvalue weighted by molar-refractivity contribution is 5.86. The molecule has 180 valence electrons. The third-order valence-corrected chi connectivity index (χ3v) is 5.79. The normalized spacial score (nSPS) is 19.5. The van der Waals surface area contributed by atoms with E-state index in [1.54, 1.807) is 51.2 Å². The molecule has 6 heteroatoms. The van der Waals surface area contributed by atoms with Crippen LogP contribution in [-0.4, -0.2) is 71.7 Å². The molecular formula is C27H39N3O3. The molecule has 1 aliphatic carbocycles. The molecule has 0 spiro atoms. The van der Waals surface area contributed by atoms with E-state index in [2.05, 4.69) is 39.5 Å². The Balaban J connectivity index is 3.27. The molecule has 0 aromatic heterocycles. The first-order valence-corrected chi connectivity index (χ1v) is 11.4. The second kappa shape index (κ2) is 14.8. The summed E-state index contributed by atoms with van der Waals surface area (Å²) in [6.45, 7) is 24.7. The van der Waals surface area contributed by atoms with Crippen molar-refractivity contribution < 1.29 is 14.4 Å².